The molecule has 3 rings (SSSR count). The van der Waals surface area contributed by atoms with E-state index in [1.165, 1.54) is 22.0 Å². The Hall–Kier alpha value is -2.22. The molecule has 0 unspecified atom stereocenters. The van der Waals surface area contributed by atoms with Gasteiger partial charge in [0.2, 0.25) is 0 Å². The maximum Gasteiger partial charge on any atom is 0.119 e. The quantitative estimate of drug-likeness (QED) is 0.691. The third-order valence-electron chi connectivity index (χ3n) is 3.51. The molecule has 0 atom stereocenters. The number of hydrogen-bond acceptors (Lipinski definition) is 1. The second-order valence-electron chi connectivity index (χ2n) is 4.81. The molecule has 2 heteroatoms. The zero-order valence-corrected chi connectivity index (χ0v) is 11.3. The summed E-state index contributed by atoms with van der Waals surface area (Å²) in [4.78, 5) is 0. The molecule has 0 fully saturated rings. The lowest BCUT2D eigenvalue weighted by Gasteiger charge is -2.03. The summed E-state index contributed by atoms with van der Waals surface area (Å²) < 4.78 is 7.47. The Morgan fingerprint density at radius 3 is 2.74 bits per heavy atom. The fourth-order valence-corrected chi connectivity index (χ4v) is 2.57. The molecule has 2 aromatic carbocycles. The normalized spacial score (nSPS) is 10.8. The van der Waals surface area contributed by atoms with Crippen molar-refractivity contribution in [2.45, 2.75) is 6.42 Å². The van der Waals surface area contributed by atoms with Crippen molar-refractivity contribution in [3.63, 3.8) is 0 Å². The topological polar surface area (TPSA) is 14.2 Å². The number of fused-ring (bicyclic) bond motifs is 1. The van der Waals surface area contributed by atoms with E-state index >= 15 is 0 Å². The van der Waals surface area contributed by atoms with Crippen LogP contribution in [0.25, 0.3) is 10.9 Å². The molecule has 1 aromatic heterocycles. The zero-order chi connectivity index (χ0) is 13.2. The minimum absolute atomic E-state index is 0.915. The molecule has 0 aliphatic rings. The van der Waals surface area contributed by atoms with Crippen molar-refractivity contribution in [2.24, 2.45) is 7.05 Å². The number of methoxy groups -OCH3 is 1. The van der Waals surface area contributed by atoms with Gasteiger partial charge in [0.25, 0.3) is 0 Å². The van der Waals surface area contributed by atoms with Gasteiger partial charge in [-0.3, -0.25) is 0 Å². The summed E-state index contributed by atoms with van der Waals surface area (Å²) in [6.07, 6.45) is 3.14. The van der Waals surface area contributed by atoms with Gasteiger partial charge in [-0.2, -0.15) is 0 Å². The Labute approximate surface area is 113 Å². The van der Waals surface area contributed by atoms with E-state index in [-0.39, 0.29) is 0 Å². The van der Waals surface area contributed by atoms with Gasteiger partial charge in [-0.25, -0.2) is 0 Å². The summed E-state index contributed by atoms with van der Waals surface area (Å²) >= 11 is 0. The van der Waals surface area contributed by atoms with Crippen LogP contribution < -0.4 is 4.74 Å². The van der Waals surface area contributed by atoms with E-state index in [2.05, 4.69) is 54.2 Å². The van der Waals surface area contributed by atoms with Crippen molar-refractivity contribution < 1.29 is 4.74 Å². The first kappa shape index (κ1) is 11.8. The Kier molecular flexibility index (Phi) is 3.00. The molecule has 2 nitrogen and oxygen atoms in total. The van der Waals surface area contributed by atoms with Gasteiger partial charge >= 0.3 is 0 Å². The van der Waals surface area contributed by atoms with Gasteiger partial charge in [0.1, 0.15) is 5.75 Å². The van der Waals surface area contributed by atoms with Crippen LogP contribution in [-0.4, -0.2) is 11.7 Å². The van der Waals surface area contributed by atoms with Gasteiger partial charge in [0.05, 0.1) is 7.11 Å². The SMILES string of the molecule is COc1cccc(Cc2cn(C)c3ccccc23)c1. The molecular weight excluding hydrogens is 234 g/mol. The lowest BCUT2D eigenvalue weighted by molar-refractivity contribution is 0.414. The van der Waals surface area contributed by atoms with Gasteiger partial charge in [-0.15, -0.1) is 0 Å². The Balaban J connectivity index is 2.01. The first-order chi connectivity index (χ1) is 9.28. The standard InChI is InChI=1S/C17H17NO/c1-18-12-14(16-8-3-4-9-17(16)18)10-13-6-5-7-15(11-13)19-2/h3-9,11-12H,10H2,1-2H3. The summed E-state index contributed by atoms with van der Waals surface area (Å²) in [5.74, 6) is 0.915. The van der Waals surface area contributed by atoms with E-state index in [1.807, 2.05) is 12.1 Å². The van der Waals surface area contributed by atoms with Gasteiger partial charge in [0.15, 0.2) is 0 Å². The average molecular weight is 251 g/mol. The second-order valence-corrected chi connectivity index (χ2v) is 4.81. The van der Waals surface area contributed by atoms with Crippen LogP contribution in [0.3, 0.4) is 0 Å². The van der Waals surface area contributed by atoms with Crippen LogP contribution in [0, 0.1) is 0 Å². The highest BCUT2D eigenvalue weighted by atomic mass is 16.5. The van der Waals surface area contributed by atoms with E-state index < -0.39 is 0 Å². The lowest BCUT2D eigenvalue weighted by Crippen LogP contribution is -1.89. The largest absolute Gasteiger partial charge is 0.497 e. The highest BCUT2D eigenvalue weighted by Gasteiger charge is 2.06. The molecule has 0 aliphatic heterocycles. The van der Waals surface area contributed by atoms with Crippen molar-refractivity contribution in [2.75, 3.05) is 7.11 Å². The van der Waals surface area contributed by atoms with Gasteiger partial charge in [0, 0.05) is 24.1 Å². The van der Waals surface area contributed by atoms with E-state index in [0.717, 1.165) is 12.2 Å². The predicted octanol–water partition coefficient (Wildman–Crippen LogP) is 3.78. The van der Waals surface area contributed by atoms with Crippen molar-refractivity contribution >= 4 is 10.9 Å². The Bertz CT molecular complexity index is 712. The fraction of sp³-hybridized carbons (Fsp3) is 0.176. The second kappa shape index (κ2) is 4.81. The molecule has 0 radical (unpaired) electrons. The summed E-state index contributed by atoms with van der Waals surface area (Å²) in [6.45, 7) is 0. The van der Waals surface area contributed by atoms with Crippen LogP contribution in [-0.2, 0) is 13.5 Å². The molecule has 0 spiro atoms. The molecule has 0 bridgehead atoms. The highest BCUT2D eigenvalue weighted by molar-refractivity contribution is 5.84. The summed E-state index contributed by atoms with van der Waals surface area (Å²) in [7, 11) is 3.80. The molecule has 0 amide bonds. The summed E-state index contributed by atoms with van der Waals surface area (Å²) in [5, 5.41) is 1.33. The average Bonchev–Trinajstić information content (AvgIpc) is 2.76. The van der Waals surface area contributed by atoms with Crippen molar-refractivity contribution in [1.29, 1.82) is 0 Å². The van der Waals surface area contributed by atoms with E-state index in [4.69, 9.17) is 4.74 Å². The number of aryl methyl sites for hydroxylation is 1. The maximum absolute atomic E-state index is 5.28. The Morgan fingerprint density at radius 2 is 1.89 bits per heavy atom. The van der Waals surface area contributed by atoms with E-state index in [0.29, 0.717) is 0 Å². The number of rotatable bonds is 3. The maximum atomic E-state index is 5.28. The number of benzene rings is 2. The van der Waals surface area contributed by atoms with Crippen LogP contribution in [0.15, 0.2) is 54.7 Å². The summed E-state index contributed by atoms with van der Waals surface area (Å²) in [6, 6.07) is 16.8. The fourth-order valence-electron chi connectivity index (χ4n) is 2.57. The summed E-state index contributed by atoms with van der Waals surface area (Å²) in [5.41, 5.74) is 3.91. The lowest BCUT2D eigenvalue weighted by atomic mass is 10.0. The minimum atomic E-state index is 0.915. The van der Waals surface area contributed by atoms with Gasteiger partial charge < -0.3 is 9.30 Å². The number of ether oxygens (including phenoxy) is 1. The predicted molar refractivity (Wildman–Crippen MR) is 78.7 cm³/mol. The smallest absolute Gasteiger partial charge is 0.119 e. The number of para-hydroxylation sites is 1. The molecular formula is C17H17NO. The van der Waals surface area contributed by atoms with Crippen LogP contribution in [0.2, 0.25) is 0 Å². The number of nitrogens with zero attached hydrogens (tertiary/aromatic N) is 1. The molecule has 1 heterocycles. The van der Waals surface area contributed by atoms with E-state index in [9.17, 15) is 0 Å². The number of aromatic nitrogens is 1. The molecule has 96 valence electrons. The third-order valence-corrected chi connectivity index (χ3v) is 3.51. The molecule has 0 saturated carbocycles. The molecule has 0 aliphatic carbocycles. The van der Waals surface area contributed by atoms with Crippen LogP contribution in [0.1, 0.15) is 11.1 Å². The van der Waals surface area contributed by atoms with Crippen molar-refractivity contribution in [3.05, 3.63) is 65.9 Å². The third kappa shape index (κ3) is 2.22. The molecule has 0 saturated heterocycles. The van der Waals surface area contributed by atoms with Gasteiger partial charge in [-0.1, -0.05) is 30.3 Å². The monoisotopic (exact) mass is 251 g/mol. The molecule has 19 heavy (non-hydrogen) atoms. The highest BCUT2D eigenvalue weighted by Crippen LogP contribution is 2.24. The Morgan fingerprint density at radius 1 is 1.05 bits per heavy atom. The number of hydrogen-bond donors (Lipinski definition) is 0. The first-order valence-electron chi connectivity index (χ1n) is 6.44. The van der Waals surface area contributed by atoms with Crippen LogP contribution >= 0.6 is 0 Å². The van der Waals surface area contributed by atoms with Crippen molar-refractivity contribution in [3.8, 4) is 5.75 Å². The molecule has 3 aromatic rings. The minimum Gasteiger partial charge on any atom is -0.497 e. The first-order valence-corrected chi connectivity index (χ1v) is 6.44. The van der Waals surface area contributed by atoms with Gasteiger partial charge in [-0.05, 0) is 35.7 Å². The van der Waals surface area contributed by atoms with E-state index in [1.54, 1.807) is 7.11 Å². The van der Waals surface area contributed by atoms with Crippen molar-refractivity contribution in [1.82, 2.24) is 4.57 Å². The zero-order valence-electron chi connectivity index (χ0n) is 11.3. The molecule has 0 N–H and O–H groups in total. The van der Waals surface area contributed by atoms with Crippen LogP contribution in [0.5, 0.6) is 5.75 Å². The van der Waals surface area contributed by atoms with Crippen LogP contribution in [0.4, 0.5) is 0 Å².